The fraction of sp³-hybridized carbons (Fsp3) is 1.00. The molecule has 1 fully saturated rings. The lowest BCUT2D eigenvalue weighted by Crippen LogP contribution is -2.33. The molecule has 2 N–H and O–H groups in total. The highest BCUT2D eigenvalue weighted by Gasteiger charge is 2.13. The second kappa shape index (κ2) is 9.73. The van der Waals surface area contributed by atoms with E-state index in [-0.39, 0.29) is 0 Å². The zero-order valence-electron chi connectivity index (χ0n) is 11.9. The largest absolute Gasteiger partial charge is 0.389 e. The van der Waals surface area contributed by atoms with E-state index in [0.717, 1.165) is 19.6 Å². The van der Waals surface area contributed by atoms with Gasteiger partial charge in [-0.3, -0.25) is 0 Å². The Balaban J connectivity index is 1.89. The van der Waals surface area contributed by atoms with Crippen LogP contribution in [0.3, 0.4) is 0 Å². The summed E-state index contributed by atoms with van der Waals surface area (Å²) in [6, 6.07) is 0. The van der Waals surface area contributed by atoms with Crippen LogP contribution in [0.4, 0.5) is 0 Å². The van der Waals surface area contributed by atoms with Crippen LogP contribution in [0.1, 0.15) is 39.5 Å². The molecule has 4 heteroatoms. The lowest BCUT2D eigenvalue weighted by molar-refractivity contribution is 0.00875. The first-order valence-corrected chi connectivity index (χ1v) is 7.26. The zero-order valence-corrected chi connectivity index (χ0v) is 11.9. The Bertz CT molecular complexity index is 193. The fourth-order valence-electron chi connectivity index (χ4n) is 2.07. The van der Waals surface area contributed by atoms with Gasteiger partial charge in [0.15, 0.2) is 0 Å². The molecule has 1 saturated heterocycles. The highest BCUT2D eigenvalue weighted by Crippen LogP contribution is 2.14. The van der Waals surface area contributed by atoms with Gasteiger partial charge in [0, 0.05) is 19.8 Å². The maximum atomic E-state index is 9.68. The van der Waals surface area contributed by atoms with Gasteiger partial charge in [0.1, 0.15) is 0 Å². The van der Waals surface area contributed by atoms with Crippen LogP contribution < -0.4 is 5.32 Å². The smallest absolute Gasteiger partial charge is 0.0897 e. The molecular formula is C14H29NO3. The average molecular weight is 259 g/mol. The summed E-state index contributed by atoms with van der Waals surface area (Å²) < 4.78 is 11.0. The number of nitrogens with one attached hydrogen (secondary N) is 1. The van der Waals surface area contributed by atoms with Crippen LogP contribution in [0.5, 0.6) is 0 Å². The predicted octanol–water partition coefficient (Wildman–Crippen LogP) is 1.57. The molecule has 2 unspecified atom stereocenters. The van der Waals surface area contributed by atoms with Crippen molar-refractivity contribution in [3.63, 3.8) is 0 Å². The molecule has 0 saturated carbocycles. The van der Waals surface area contributed by atoms with E-state index in [1.807, 2.05) is 0 Å². The third kappa shape index (κ3) is 8.03. The summed E-state index contributed by atoms with van der Waals surface area (Å²) in [6.07, 6.45) is 4.73. The fourth-order valence-corrected chi connectivity index (χ4v) is 2.07. The summed E-state index contributed by atoms with van der Waals surface area (Å²) in [6.45, 7) is 7.77. The molecule has 1 aliphatic heterocycles. The molecule has 108 valence electrons. The Morgan fingerprint density at radius 1 is 1.33 bits per heavy atom. The van der Waals surface area contributed by atoms with Crippen molar-refractivity contribution in [2.45, 2.75) is 51.7 Å². The Labute approximate surface area is 111 Å². The minimum Gasteiger partial charge on any atom is -0.389 e. The SMILES string of the molecule is CC(C)COCC(O)CNCCC1CCCCO1. The van der Waals surface area contributed by atoms with Crippen molar-refractivity contribution in [2.75, 3.05) is 32.9 Å². The number of aliphatic hydroxyl groups is 1. The van der Waals surface area contributed by atoms with Crippen LogP contribution in [-0.4, -0.2) is 50.2 Å². The summed E-state index contributed by atoms with van der Waals surface area (Å²) >= 11 is 0. The van der Waals surface area contributed by atoms with Crippen LogP contribution in [0, 0.1) is 5.92 Å². The van der Waals surface area contributed by atoms with E-state index in [1.54, 1.807) is 0 Å². The molecule has 1 heterocycles. The summed E-state index contributed by atoms with van der Waals surface area (Å²) in [4.78, 5) is 0. The van der Waals surface area contributed by atoms with Crippen molar-refractivity contribution in [2.24, 2.45) is 5.92 Å². The highest BCUT2D eigenvalue weighted by atomic mass is 16.5. The van der Waals surface area contributed by atoms with Crippen LogP contribution >= 0.6 is 0 Å². The van der Waals surface area contributed by atoms with Crippen molar-refractivity contribution < 1.29 is 14.6 Å². The van der Waals surface area contributed by atoms with E-state index in [9.17, 15) is 5.11 Å². The maximum absolute atomic E-state index is 9.68. The Hall–Kier alpha value is -0.160. The van der Waals surface area contributed by atoms with Crippen LogP contribution in [0.2, 0.25) is 0 Å². The van der Waals surface area contributed by atoms with E-state index in [1.165, 1.54) is 19.3 Å². The number of aliphatic hydroxyl groups excluding tert-OH is 1. The highest BCUT2D eigenvalue weighted by molar-refractivity contribution is 4.66. The third-order valence-corrected chi connectivity index (χ3v) is 3.06. The summed E-state index contributed by atoms with van der Waals surface area (Å²) in [5.74, 6) is 0.522. The summed E-state index contributed by atoms with van der Waals surface area (Å²) in [7, 11) is 0. The molecule has 4 nitrogen and oxygen atoms in total. The quantitative estimate of drug-likeness (QED) is 0.617. The molecule has 18 heavy (non-hydrogen) atoms. The Morgan fingerprint density at radius 3 is 2.83 bits per heavy atom. The first-order chi connectivity index (χ1) is 8.68. The van der Waals surface area contributed by atoms with Gasteiger partial charge in [-0.15, -0.1) is 0 Å². The zero-order chi connectivity index (χ0) is 13.2. The van der Waals surface area contributed by atoms with E-state index in [4.69, 9.17) is 9.47 Å². The molecule has 0 amide bonds. The van der Waals surface area contributed by atoms with Gasteiger partial charge >= 0.3 is 0 Å². The van der Waals surface area contributed by atoms with Gasteiger partial charge in [0.2, 0.25) is 0 Å². The van der Waals surface area contributed by atoms with Crippen molar-refractivity contribution in [3.8, 4) is 0 Å². The van der Waals surface area contributed by atoms with E-state index < -0.39 is 6.10 Å². The number of hydrogen-bond acceptors (Lipinski definition) is 4. The topological polar surface area (TPSA) is 50.7 Å². The van der Waals surface area contributed by atoms with Crippen LogP contribution in [-0.2, 0) is 9.47 Å². The molecule has 2 atom stereocenters. The second-order valence-electron chi connectivity index (χ2n) is 5.57. The standard InChI is InChI=1S/C14H29NO3/c1-12(2)10-17-11-13(16)9-15-7-6-14-5-3-4-8-18-14/h12-16H,3-11H2,1-2H3. The maximum Gasteiger partial charge on any atom is 0.0897 e. The normalized spacial score (nSPS) is 22.3. The lowest BCUT2D eigenvalue weighted by atomic mass is 10.1. The number of rotatable bonds is 9. The molecule has 0 aromatic rings. The van der Waals surface area contributed by atoms with Gasteiger partial charge in [-0.05, 0) is 38.1 Å². The van der Waals surface area contributed by atoms with Crippen molar-refractivity contribution >= 4 is 0 Å². The van der Waals surface area contributed by atoms with Crippen molar-refractivity contribution in [1.29, 1.82) is 0 Å². The first-order valence-electron chi connectivity index (χ1n) is 7.26. The Morgan fingerprint density at radius 2 is 2.17 bits per heavy atom. The van der Waals surface area contributed by atoms with Gasteiger partial charge < -0.3 is 19.9 Å². The van der Waals surface area contributed by atoms with Gasteiger partial charge in [-0.25, -0.2) is 0 Å². The van der Waals surface area contributed by atoms with Gasteiger partial charge in [-0.1, -0.05) is 13.8 Å². The molecule has 0 spiro atoms. The molecular weight excluding hydrogens is 230 g/mol. The van der Waals surface area contributed by atoms with E-state index in [0.29, 0.717) is 31.8 Å². The second-order valence-corrected chi connectivity index (χ2v) is 5.57. The summed E-state index contributed by atoms with van der Waals surface area (Å²) in [5.41, 5.74) is 0. The number of ether oxygens (including phenoxy) is 2. The van der Waals surface area contributed by atoms with Crippen LogP contribution in [0.25, 0.3) is 0 Å². The molecule has 1 rings (SSSR count). The van der Waals surface area contributed by atoms with Gasteiger partial charge in [0.25, 0.3) is 0 Å². The predicted molar refractivity (Wildman–Crippen MR) is 72.7 cm³/mol. The molecule has 0 aromatic carbocycles. The van der Waals surface area contributed by atoms with Gasteiger partial charge in [0.05, 0.1) is 18.8 Å². The van der Waals surface area contributed by atoms with Crippen molar-refractivity contribution in [1.82, 2.24) is 5.32 Å². The minimum absolute atomic E-state index is 0.406. The molecule has 0 aromatic heterocycles. The van der Waals surface area contributed by atoms with Crippen LogP contribution in [0.15, 0.2) is 0 Å². The average Bonchev–Trinajstić information content (AvgIpc) is 2.35. The van der Waals surface area contributed by atoms with Gasteiger partial charge in [-0.2, -0.15) is 0 Å². The lowest BCUT2D eigenvalue weighted by Gasteiger charge is -2.22. The molecule has 0 bridgehead atoms. The Kier molecular flexibility index (Phi) is 8.59. The minimum atomic E-state index is -0.406. The first kappa shape index (κ1) is 15.9. The molecule has 1 aliphatic rings. The molecule has 0 radical (unpaired) electrons. The van der Waals surface area contributed by atoms with E-state index >= 15 is 0 Å². The third-order valence-electron chi connectivity index (χ3n) is 3.06. The summed E-state index contributed by atoms with van der Waals surface area (Å²) in [5, 5.41) is 12.9. The molecule has 0 aliphatic carbocycles. The van der Waals surface area contributed by atoms with Crippen molar-refractivity contribution in [3.05, 3.63) is 0 Å². The van der Waals surface area contributed by atoms with E-state index in [2.05, 4.69) is 19.2 Å². The number of hydrogen-bond donors (Lipinski definition) is 2. The monoisotopic (exact) mass is 259 g/mol.